The van der Waals surface area contributed by atoms with Gasteiger partial charge in [-0.05, 0) is 25.1 Å². The van der Waals surface area contributed by atoms with E-state index in [1.165, 1.54) is 12.1 Å². The fourth-order valence-electron chi connectivity index (χ4n) is 1.40. The van der Waals surface area contributed by atoms with Gasteiger partial charge in [-0.3, -0.25) is 4.79 Å². The highest BCUT2D eigenvalue weighted by Crippen LogP contribution is 2.24. The van der Waals surface area contributed by atoms with Gasteiger partial charge in [0.05, 0.1) is 16.3 Å². The molecule has 0 aliphatic heterocycles. The Morgan fingerprint density at radius 3 is 2.72 bits per heavy atom. The normalized spacial score (nSPS) is 11.2. The Morgan fingerprint density at radius 2 is 2.11 bits per heavy atom. The molecule has 0 radical (unpaired) electrons. The molecule has 18 heavy (non-hydrogen) atoms. The highest BCUT2D eigenvalue weighted by Gasteiger charge is 2.19. The number of sulfone groups is 1. The van der Waals surface area contributed by atoms with E-state index in [1.807, 2.05) is 0 Å². The van der Waals surface area contributed by atoms with E-state index in [1.54, 1.807) is 13.0 Å². The molecule has 0 fully saturated rings. The molecule has 0 saturated heterocycles. The van der Waals surface area contributed by atoms with Crippen molar-refractivity contribution in [2.75, 3.05) is 18.0 Å². The van der Waals surface area contributed by atoms with Gasteiger partial charge in [-0.2, -0.15) is 0 Å². The van der Waals surface area contributed by atoms with Crippen LogP contribution in [0.4, 0.5) is 5.69 Å². The smallest absolute Gasteiger partial charge is 0.221 e. The van der Waals surface area contributed by atoms with Crippen molar-refractivity contribution in [3.8, 4) is 0 Å². The van der Waals surface area contributed by atoms with Gasteiger partial charge < -0.3 is 11.1 Å². The number of carbonyl (C=O) groups excluding carboxylic acids is 1. The van der Waals surface area contributed by atoms with Crippen LogP contribution in [0, 0.1) is 0 Å². The van der Waals surface area contributed by atoms with Crippen molar-refractivity contribution in [2.24, 2.45) is 0 Å². The Balaban J connectivity index is 2.87. The second-order valence-electron chi connectivity index (χ2n) is 3.70. The molecule has 0 spiro atoms. The summed E-state index contributed by atoms with van der Waals surface area (Å²) >= 11 is 3.19. The number of nitrogens with two attached hydrogens (primary N) is 1. The van der Waals surface area contributed by atoms with Gasteiger partial charge in [0.2, 0.25) is 5.91 Å². The van der Waals surface area contributed by atoms with E-state index in [2.05, 4.69) is 21.2 Å². The number of nitrogen functional groups attached to an aromatic ring is 1. The van der Waals surface area contributed by atoms with Crippen LogP contribution in [-0.2, 0) is 14.6 Å². The number of rotatable bonds is 5. The number of hydrogen-bond donors (Lipinski definition) is 2. The predicted octanol–water partition coefficient (Wildman–Crippen LogP) is 1.33. The first-order valence-electron chi connectivity index (χ1n) is 5.41. The maximum Gasteiger partial charge on any atom is 0.221 e. The molecule has 0 atom stereocenters. The molecule has 1 aromatic carbocycles. The van der Waals surface area contributed by atoms with Gasteiger partial charge in [-0.15, -0.1) is 0 Å². The van der Waals surface area contributed by atoms with Crippen LogP contribution in [0.2, 0.25) is 0 Å². The van der Waals surface area contributed by atoms with Crippen molar-refractivity contribution in [1.82, 2.24) is 5.32 Å². The van der Waals surface area contributed by atoms with Crippen LogP contribution in [-0.4, -0.2) is 26.6 Å². The van der Waals surface area contributed by atoms with Crippen molar-refractivity contribution < 1.29 is 13.2 Å². The van der Waals surface area contributed by atoms with Crippen LogP contribution in [0.25, 0.3) is 0 Å². The fraction of sp³-hybridized carbons (Fsp3) is 0.364. The molecule has 3 N–H and O–H groups in total. The minimum atomic E-state index is -3.54. The Kier molecular flexibility index (Phi) is 5.15. The average Bonchev–Trinajstić information content (AvgIpc) is 2.30. The van der Waals surface area contributed by atoms with Gasteiger partial charge in [-0.1, -0.05) is 15.9 Å². The minimum absolute atomic E-state index is 0.0566. The standard InChI is InChI=1S/C11H15BrN2O3S/c1-2-14-11(15)5-6-18(16,17)10-7-8(12)3-4-9(10)13/h3-4,7H,2,5-6,13H2,1H3,(H,14,15). The van der Waals surface area contributed by atoms with Gasteiger partial charge in [-0.25, -0.2) is 8.42 Å². The summed E-state index contributed by atoms with van der Waals surface area (Å²) in [6.07, 6.45) is -0.0673. The highest BCUT2D eigenvalue weighted by atomic mass is 79.9. The van der Waals surface area contributed by atoms with Gasteiger partial charge >= 0.3 is 0 Å². The first kappa shape index (κ1) is 15.0. The molecule has 1 aromatic rings. The summed E-state index contributed by atoms with van der Waals surface area (Å²) in [6.45, 7) is 2.26. The summed E-state index contributed by atoms with van der Waals surface area (Å²) in [7, 11) is -3.54. The van der Waals surface area contributed by atoms with E-state index < -0.39 is 9.84 Å². The third-order valence-electron chi connectivity index (χ3n) is 2.28. The Bertz CT molecular complexity index is 543. The number of anilines is 1. The SMILES string of the molecule is CCNC(=O)CCS(=O)(=O)c1cc(Br)ccc1N. The van der Waals surface area contributed by atoms with Gasteiger partial charge in [0, 0.05) is 17.4 Å². The molecule has 0 heterocycles. The molecule has 0 bridgehead atoms. The number of halogens is 1. The molecule has 1 rings (SSSR count). The zero-order valence-corrected chi connectivity index (χ0v) is 12.3. The molecular formula is C11H15BrN2O3S. The van der Waals surface area contributed by atoms with Crippen LogP contribution >= 0.6 is 15.9 Å². The molecule has 5 nitrogen and oxygen atoms in total. The molecule has 0 aliphatic rings. The van der Waals surface area contributed by atoms with E-state index in [0.717, 1.165) is 0 Å². The highest BCUT2D eigenvalue weighted by molar-refractivity contribution is 9.10. The van der Waals surface area contributed by atoms with E-state index in [0.29, 0.717) is 11.0 Å². The van der Waals surface area contributed by atoms with Gasteiger partial charge in [0.1, 0.15) is 0 Å². The third-order valence-corrected chi connectivity index (χ3v) is 4.54. The van der Waals surface area contributed by atoms with Gasteiger partial charge in [0.25, 0.3) is 0 Å². The molecule has 0 saturated carbocycles. The third kappa shape index (κ3) is 3.99. The van der Waals surface area contributed by atoms with Crippen LogP contribution in [0.5, 0.6) is 0 Å². The summed E-state index contributed by atoms with van der Waals surface area (Å²) in [6, 6.07) is 4.63. The number of hydrogen-bond acceptors (Lipinski definition) is 4. The van der Waals surface area contributed by atoms with Crippen molar-refractivity contribution in [3.63, 3.8) is 0 Å². The second kappa shape index (κ2) is 6.19. The Hall–Kier alpha value is -1.08. The lowest BCUT2D eigenvalue weighted by atomic mass is 10.3. The Morgan fingerprint density at radius 1 is 1.44 bits per heavy atom. The van der Waals surface area contributed by atoms with E-state index >= 15 is 0 Å². The summed E-state index contributed by atoms with van der Waals surface area (Å²) < 4.78 is 24.7. The zero-order valence-electron chi connectivity index (χ0n) is 9.94. The lowest BCUT2D eigenvalue weighted by Gasteiger charge is -2.08. The predicted molar refractivity (Wildman–Crippen MR) is 73.9 cm³/mol. The average molecular weight is 335 g/mol. The van der Waals surface area contributed by atoms with Crippen molar-refractivity contribution >= 4 is 37.4 Å². The maximum atomic E-state index is 12.0. The van der Waals surface area contributed by atoms with E-state index in [-0.39, 0.29) is 28.7 Å². The summed E-state index contributed by atoms with van der Waals surface area (Å²) in [5.41, 5.74) is 5.83. The molecule has 0 aliphatic carbocycles. The zero-order chi connectivity index (χ0) is 13.8. The van der Waals surface area contributed by atoms with Crippen LogP contribution in [0.3, 0.4) is 0 Å². The maximum absolute atomic E-state index is 12.0. The number of benzene rings is 1. The number of nitrogens with one attached hydrogen (secondary N) is 1. The largest absolute Gasteiger partial charge is 0.398 e. The van der Waals surface area contributed by atoms with E-state index in [4.69, 9.17) is 5.73 Å². The fourth-order valence-corrected chi connectivity index (χ4v) is 3.32. The summed E-state index contributed by atoms with van der Waals surface area (Å²) in [4.78, 5) is 11.3. The van der Waals surface area contributed by atoms with Gasteiger partial charge in [0.15, 0.2) is 9.84 Å². The number of amides is 1. The lowest BCUT2D eigenvalue weighted by molar-refractivity contribution is -0.120. The molecule has 1 amide bonds. The van der Waals surface area contributed by atoms with Crippen LogP contribution < -0.4 is 11.1 Å². The van der Waals surface area contributed by atoms with Crippen LogP contribution in [0.15, 0.2) is 27.6 Å². The lowest BCUT2D eigenvalue weighted by Crippen LogP contribution is -2.25. The summed E-state index contributed by atoms with van der Waals surface area (Å²) in [5.74, 6) is -0.533. The Labute approximate surface area is 115 Å². The number of carbonyl (C=O) groups is 1. The first-order valence-corrected chi connectivity index (χ1v) is 7.86. The monoisotopic (exact) mass is 334 g/mol. The molecule has 0 aromatic heterocycles. The van der Waals surface area contributed by atoms with Crippen molar-refractivity contribution in [1.29, 1.82) is 0 Å². The first-order chi connectivity index (χ1) is 8.36. The quantitative estimate of drug-likeness (QED) is 0.795. The van der Waals surface area contributed by atoms with E-state index in [9.17, 15) is 13.2 Å². The molecular weight excluding hydrogens is 320 g/mol. The van der Waals surface area contributed by atoms with Crippen molar-refractivity contribution in [3.05, 3.63) is 22.7 Å². The molecule has 0 unspecified atom stereocenters. The van der Waals surface area contributed by atoms with Crippen molar-refractivity contribution in [2.45, 2.75) is 18.2 Å². The second-order valence-corrected chi connectivity index (χ2v) is 6.70. The minimum Gasteiger partial charge on any atom is -0.398 e. The molecule has 7 heteroatoms. The molecule has 100 valence electrons. The topological polar surface area (TPSA) is 89.3 Å². The summed E-state index contributed by atoms with van der Waals surface area (Å²) in [5, 5.41) is 2.55. The van der Waals surface area contributed by atoms with Crippen LogP contribution in [0.1, 0.15) is 13.3 Å².